The van der Waals surface area contributed by atoms with Gasteiger partial charge in [-0.1, -0.05) is 23.7 Å². The van der Waals surface area contributed by atoms with Gasteiger partial charge < -0.3 is 14.6 Å². The molecule has 1 aliphatic rings. The second-order valence-corrected chi connectivity index (χ2v) is 7.49. The molecule has 3 aromatic rings. The summed E-state index contributed by atoms with van der Waals surface area (Å²) in [5.74, 6) is 0. The number of halogens is 4. The van der Waals surface area contributed by atoms with E-state index in [1.54, 1.807) is 33.8 Å². The van der Waals surface area contributed by atoms with Crippen molar-refractivity contribution in [1.82, 2.24) is 19.6 Å². The summed E-state index contributed by atoms with van der Waals surface area (Å²) in [5.41, 5.74) is 1.37. The van der Waals surface area contributed by atoms with Crippen LogP contribution in [0.15, 0.2) is 48.8 Å². The van der Waals surface area contributed by atoms with Crippen LogP contribution in [0.2, 0.25) is 5.02 Å². The molecule has 1 aromatic carbocycles. The summed E-state index contributed by atoms with van der Waals surface area (Å²) in [5, 5.41) is 3.44. The molecule has 0 atom stereocenters. The third-order valence-corrected chi connectivity index (χ3v) is 4.99. The fraction of sp³-hybridized carbons (Fsp3) is 0.300. The lowest BCUT2D eigenvalue weighted by Gasteiger charge is -2.23. The van der Waals surface area contributed by atoms with E-state index < -0.39 is 11.7 Å². The highest BCUT2D eigenvalue weighted by molar-refractivity contribution is 6.30. The molecule has 29 heavy (non-hydrogen) atoms. The lowest BCUT2D eigenvalue weighted by atomic mass is 10.1. The molecular formula is C20H18ClF3N4O. The summed E-state index contributed by atoms with van der Waals surface area (Å²) in [6, 6.07) is 8.29. The van der Waals surface area contributed by atoms with Crippen LogP contribution in [0, 0.1) is 0 Å². The van der Waals surface area contributed by atoms with Gasteiger partial charge in [-0.15, -0.1) is 0 Å². The lowest BCUT2D eigenvalue weighted by Crippen LogP contribution is -2.40. The summed E-state index contributed by atoms with van der Waals surface area (Å²) in [6.45, 7) is 0.504. The second kappa shape index (κ2) is 7.59. The number of hydrogen-bond donors (Lipinski definition) is 1. The van der Waals surface area contributed by atoms with Crippen molar-refractivity contribution >= 4 is 23.3 Å². The number of benzene rings is 1. The minimum Gasteiger partial charge on any atom is -0.332 e. The molecule has 1 fully saturated rings. The first-order valence-electron chi connectivity index (χ1n) is 9.13. The average Bonchev–Trinajstić information content (AvgIpc) is 3.43. The van der Waals surface area contributed by atoms with Crippen molar-refractivity contribution < 1.29 is 18.0 Å². The topological polar surface area (TPSA) is 49.6 Å². The lowest BCUT2D eigenvalue weighted by molar-refractivity contribution is -0.137. The molecule has 0 unspecified atom stereocenters. The highest BCUT2D eigenvalue weighted by atomic mass is 35.5. The monoisotopic (exact) mass is 422 g/mol. The molecule has 5 nitrogen and oxygen atoms in total. The fourth-order valence-corrected chi connectivity index (χ4v) is 3.29. The number of urea groups is 1. The van der Waals surface area contributed by atoms with Crippen molar-refractivity contribution in [1.29, 1.82) is 0 Å². The maximum absolute atomic E-state index is 12.7. The highest BCUT2D eigenvalue weighted by Crippen LogP contribution is 2.31. The molecule has 4 rings (SSSR count). The zero-order chi connectivity index (χ0) is 20.6. The normalized spacial score (nSPS) is 14.2. The van der Waals surface area contributed by atoms with E-state index in [1.165, 1.54) is 12.1 Å². The van der Waals surface area contributed by atoms with Crippen molar-refractivity contribution in [2.24, 2.45) is 0 Å². The van der Waals surface area contributed by atoms with Gasteiger partial charge in [0.05, 0.1) is 22.8 Å². The predicted octanol–water partition coefficient (Wildman–Crippen LogP) is 4.88. The fourth-order valence-electron chi connectivity index (χ4n) is 3.12. The van der Waals surface area contributed by atoms with Crippen LogP contribution in [0.5, 0.6) is 0 Å². The molecule has 0 saturated heterocycles. The third-order valence-electron chi connectivity index (χ3n) is 4.77. The molecule has 0 spiro atoms. The van der Waals surface area contributed by atoms with E-state index in [1.807, 2.05) is 0 Å². The van der Waals surface area contributed by atoms with Gasteiger partial charge in [0, 0.05) is 25.0 Å². The van der Waals surface area contributed by atoms with Gasteiger partial charge in [-0.05, 0) is 42.7 Å². The number of pyridine rings is 1. The number of alkyl halides is 3. The first kappa shape index (κ1) is 19.6. The van der Waals surface area contributed by atoms with Crippen molar-refractivity contribution in [2.45, 2.75) is 38.1 Å². The molecule has 0 bridgehead atoms. The van der Waals surface area contributed by atoms with E-state index in [2.05, 4.69) is 10.3 Å². The molecular weight excluding hydrogens is 405 g/mol. The third kappa shape index (κ3) is 4.64. The number of amides is 2. The Morgan fingerprint density at radius 2 is 1.90 bits per heavy atom. The van der Waals surface area contributed by atoms with Gasteiger partial charge >= 0.3 is 12.2 Å². The Kier molecular flexibility index (Phi) is 5.12. The summed E-state index contributed by atoms with van der Waals surface area (Å²) >= 11 is 5.96. The van der Waals surface area contributed by atoms with Gasteiger partial charge in [0.1, 0.15) is 5.65 Å². The van der Waals surface area contributed by atoms with Crippen molar-refractivity contribution in [3.63, 3.8) is 0 Å². The largest absolute Gasteiger partial charge is 0.416 e. The van der Waals surface area contributed by atoms with Crippen LogP contribution in [-0.2, 0) is 19.3 Å². The number of rotatable bonds is 5. The van der Waals surface area contributed by atoms with Gasteiger partial charge in [-0.2, -0.15) is 13.2 Å². The van der Waals surface area contributed by atoms with Gasteiger partial charge in [0.25, 0.3) is 0 Å². The van der Waals surface area contributed by atoms with Crippen LogP contribution in [0.4, 0.5) is 18.0 Å². The van der Waals surface area contributed by atoms with Crippen molar-refractivity contribution in [2.75, 3.05) is 0 Å². The van der Waals surface area contributed by atoms with Crippen LogP contribution in [0.1, 0.15) is 29.7 Å². The quantitative estimate of drug-likeness (QED) is 0.637. The number of carbonyl (C=O) groups is 1. The Bertz CT molecular complexity index is 1030. The van der Waals surface area contributed by atoms with Crippen molar-refractivity contribution in [3.8, 4) is 0 Å². The standard InChI is InChI=1S/C20H18ClF3N4O/c21-15-5-8-18-26-16(12-27(18)11-15)9-25-19(29)28(17-6-7-17)10-13-1-3-14(4-2-13)20(22,23)24/h1-5,8,11-12,17H,6-7,9-10H2,(H,25,29). The second-order valence-electron chi connectivity index (χ2n) is 7.06. The molecule has 152 valence electrons. The van der Waals surface area contributed by atoms with Gasteiger partial charge in [0.2, 0.25) is 0 Å². The van der Waals surface area contributed by atoms with E-state index in [4.69, 9.17) is 11.6 Å². The molecule has 9 heteroatoms. The highest BCUT2D eigenvalue weighted by Gasteiger charge is 2.33. The smallest absolute Gasteiger partial charge is 0.332 e. The Morgan fingerprint density at radius 3 is 2.55 bits per heavy atom. The Balaban J connectivity index is 1.41. The summed E-state index contributed by atoms with van der Waals surface area (Å²) in [4.78, 5) is 18.8. The van der Waals surface area contributed by atoms with Gasteiger partial charge in [-0.3, -0.25) is 0 Å². The minimum atomic E-state index is -4.37. The molecule has 0 aliphatic heterocycles. The number of carbonyl (C=O) groups excluding carboxylic acids is 1. The predicted molar refractivity (Wildman–Crippen MR) is 102 cm³/mol. The van der Waals surface area contributed by atoms with E-state index >= 15 is 0 Å². The molecule has 2 amide bonds. The number of aromatic nitrogens is 2. The number of hydrogen-bond acceptors (Lipinski definition) is 2. The zero-order valence-electron chi connectivity index (χ0n) is 15.3. The van der Waals surface area contributed by atoms with Gasteiger partial charge in [-0.25, -0.2) is 9.78 Å². The van der Waals surface area contributed by atoms with E-state index in [0.29, 0.717) is 16.3 Å². The number of imidazole rings is 1. The maximum Gasteiger partial charge on any atom is 0.416 e. The van der Waals surface area contributed by atoms with E-state index in [9.17, 15) is 18.0 Å². The molecule has 1 saturated carbocycles. The average molecular weight is 423 g/mol. The summed E-state index contributed by atoms with van der Waals surface area (Å²) < 4.78 is 39.9. The zero-order valence-corrected chi connectivity index (χ0v) is 16.0. The summed E-state index contributed by atoms with van der Waals surface area (Å²) in [6.07, 6.45) is 0.932. The van der Waals surface area contributed by atoms with Crippen LogP contribution in [-0.4, -0.2) is 26.4 Å². The first-order chi connectivity index (χ1) is 13.8. The van der Waals surface area contributed by atoms with Crippen LogP contribution in [0.3, 0.4) is 0 Å². The van der Waals surface area contributed by atoms with Crippen LogP contribution >= 0.6 is 11.6 Å². The molecule has 1 N–H and O–H groups in total. The van der Waals surface area contributed by atoms with Crippen LogP contribution in [0.25, 0.3) is 5.65 Å². The Hall–Kier alpha value is -2.74. The maximum atomic E-state index is 12.7. The van der Waals surface area contributed by atoms with Crippen LogP contribution < -0.4 is 5.32 Å². The number of nitrogens with zero attached hydrogens (tertiary/aromatic N) is 3. The van der Waals surface area contributed by atoms with E-state index in [0.717, 1.165) is 30.6 Å². The van der Waals surface area contributed by atoms with E-state index in [-0.39, 0.29) is 25.2 Å². The van der Waals surface area contributed by atoms with Crippen molar-refractivity contribution in [3.05, 3.63) is 70.6 Å². The molecule has 2 heterocycles. The molecule has 0 radical (unpaired) electrons. The Labute approximate surface area is 170 Å². The first-order valence-corrected chi connectivity index (χ1v) is 9.51. The minimum absolute atomic E-state index is 0.108. The number of fused-ring (bicyclic) bond motifs is 1. The summed E-state index contributed by atoms with van der Waals surface area (Å²) in [7, 11) is 0. The molecule has 1 aliphatic carbocycles. The SMILES string of the molecule is O=C(NCc1cn2cc(Cl)ccc2n1)N(Cc1ccc(C(F)(F)F)cc1)C1CC1. The van der Waals surface area contributed by atoms with Gasteiger partial charge in [0.15, 0.2) is 0 Å². The molecule has 2 aromatic heterocycles. The Morgan fingerprint density at radius 1 is 1.17 bits per heavy atom. The number of nitrogens with one attached hydrogen (secondary N) is 1.